The van der Waals surface area contributed by atoms with Crippen molar-refractivity contribution in [3.05, 3.63) is 67.8 Å². The standard InChI is InChI=1S/C20H18I2/c1(3-11-17-21-19-13-7-5-8-14-19)2-4-12-18-22-20-15-9-6-10-16-20/h5-10,13-16H,1-4H2/q+2. The van der Waals surface area contributed by atoms with Crippen LogP contribution in [0.4, 0.5) is 0 Å². The molecule has 0 N–H and O–H groups in total. The molecule has 0 amide bonds. The van der Waals surface area contributed by atoms with Gasteiger partial charge < -0.3 is 0 Å². The Hall–Kier alpha value is -0.980. The van der Waals surface area contributed by atoms with Crippen LogP contribution in [0.25, 0.3) is 0 Å². The highest BCUT2D eigenvalue weighted by Crippen LogP contribution is 1.96. The maximum Gasteiger partial charge on any atom is 0.419 e. The Kier molecular flexibility index (Phi) is 9.14. The second-order valence-electron chi connectivity index (χ2n) is 4.53. The van der Waals surface area contributed by atoms with E-state index in [-0.39, 0.29) is 42.4 Å². The quantitative estimate of drug-likeness (QED) is 0.257. The lowest BCUT2D eigenvalue weighted by atomic mass is 10.2. The topological polar surface area (TPSA) is 0 Å². The van der Waals surface area contributed by atoms with Crippen LogP contribution in [0.3, 0.4) is 0 Å². The summed E-state index contributed by atoms with van der Waals surface area (Å²) in [6, 6.07) is 21.2. The van der Waals surface area contributed by atoms with Crippen molar-refractivity contribution in [2.45, 2.75) is 25.7 Å². The third kappa shape index (κ3) is 7.87. The minimum absolute atomic E-state index is 0.116. The summed E-state index contributed by atoms with van der Waals surface area (Å²) in [7, 11) is 0. The van der Waals surface area contributed by atoms with E-state index in [2.05, 4.69) is 80.4 Å². The van der Waals surface area contributed by atoms with Crippen molar-refractivity contribution in [3.63, 3.8) is 0 Å². The van der Waals surface area contributed by atoms with Crippen molar-refractivity contribution in [1.29, 1.82) is 0 Å². The monoisotopic (exact) mass is 512 g/mol. The zero-order chi connectivity index (χ0) is 15.3. The summed E-state index contributed by atoms with van der Waals surface area (Å²) in [5, 5.41) is 0. The summed E-state index contributed by atoms with van der Waals surface area (Å²) in [6.45, 7) is 0. The van der Waals surface area contributed by atoms with E-state index in [1.165, 1.54) is 20.0 Å². The highest BCUT2D eigenvalue weighted by Gasteiger charge is 2.06. The van der Waals surface area contributed by atoms with Crippen molar-refractivity contribution in [2.24, 2.45) is 0 Å². The van der Waals surface area contributed by atoms with Gasteiger partial charge in [0.1, 0.15) is 0 Å². The fraction of sp³-hybridized carbons (Fsp3) is 0.200. The second kappa shape index (κ2) is 11.6. The molecule has 0 bridgehead atoms. The SMILES string of the molecule is C(#C[I+]c1ccccc1)CCCCC#C[I+]c1ccccc1. The van der Waals surface area contributed by atoms with Crippen LogP contribution in [0.5, 0.6) is 0 Å². The summed E-state index contributed by atoms with van der Waals surface area (Å²) >= 11 is -0.232. The molecular weight excluding hydrogens is 494 g/mol. The molecule has 110 valence electrons. The highest BCUT2D eigenvalue weighted by atomic mass is 127. The lowest BCUT2D eigenvalue weighted by Crippen LogP contribution is -3.59. The first-order valence-corrected chi connectivity index (χ1v) is 11.6. The van der Waals surface area contributed by atoms with Gasteiger partial charge in [-0.05, 0) is 48.9 Å². The first-order chi connectivity index (χ1) is 10.9. The number of hydrogen-bond acceptors (Lipinski definition) is 0. The van der Waals surface area contributed by atoms with Crippen LogP contribution in [-0.4, -0.2) is 0 Å². The Morgan fingerprint density at radius 1 is 0.591 bits per heavy atom. The van der Waals surface area contributed by atoms with Gasteiger partial charge in [0.15, 0.2) is 7.85 Å². The predicted molar refractivity (Wildman–Crippen MR) is 84.3 cm³/mol. The van der Waals surface area contributed by atoms with Gasteiger partial charge in [0, 0.05) is 12.8 Å². The van der Waals surface area contributed by atoms with Crippen molar-refractivity contribution in [2.75, 3.05) is 0 Å². The Bertz CT molecular complexity index is 593. The number of unbranched alkanes of at least 4 members (excludes halogenated alkanes) is 3. The minimum Gasteiger partial charge on any atom is -0.0619 e. The Labute approximate surface area is 154 Å². The van der Waals surface area contributed by atoms with Gasteiger partial charge in [-0.3, -0.25) is 0 Å². The van der Waals surface area contributed by atoms with Crippen LogP contribution in [0.1, 0.15) is 25.7 Å². The summed E-state index contributed by atoms with van der Waals surface area (Å²) in [5.41, 5.74) is 0. The van der Waals surface area contributed by atoms with Gasteiger partial charge in [-0.25, -0.2) is 0 Å². The van der Waals surface area contributed by atoms with Crippen LogP contribution in [0.15, 0.2) is 60.7 Å². The molecule has 2 aromatic rings. The van der Waals surface area contributed by atoms with Gasteiger partial charge in [0.2, 0.25) is 7.14 Å². The van der Waals surface area contributed by atoms with Gasteiger partial charge in [0.25, 0.3) is 0 Å². The van der Waals surface area contributed by atoms with Crippen LogP contribution < -0.4 is 42.4 Å². The Morgan fingerprint density at radius 2 is 1.00 bits per heavy atom. The number of hydrogen-bond donors (Lipinski definition) is 0. The third-order valence-electron chi connectivity index (χ3n) is 2.77. The van der Waals surface area contributed by atoms with Gasteiger partial charge >= 0.3 is 42.4 Å². The number of halogens is 2. The van der Waals surface area contributed by atoms with E-state index in [0.29, 0.717) is 0 Å². The molecule has 22 heavy (non-hydrogen) atoms. The second-order valence-corrected chi connectivity index (χ2v) is 9.18. The molecule has 0 aromatic heterocycles. The van der Waals surface area contributed by atoms with Crippen LogP contribution in [0, 0.1) is 26.8 Å². The van der Waals surface area contributed by atoms with Crippen LogP contribution in [0.2, 0.25) is 0 Å². The molecule has 0 unspecified atom stereocenters. The average Bonchev–Trinajstić information content (AvgIpc) is 2.58. The number of benzene rings is 2. The Balaban J connectivity index is 1.53. The zero-order valence-corrected chi connectivity index (χ0v) is 16.7. The molecule has 0 aliphatic heterocycles. The van der Waals surface area contributed by atoms with E-state index in [1.54, 1.807) is 0 Å². The fourth-order valence-corrected chi connectivity index (χ4v) is 4.75. The smallest absolute Gasteiger partial charge is 0.0619 e. The van der Waals surface area contributed by atoms with Crippen LogP contribution in [-0.2, 0) is 0 Å². The first kappa shape index (κ1) is 17.4. The van der Waals surface area contributed by atoms with Crippen molar-refractivity contribution in [3.8, 4) is 19.7 Å². The van der Waals surface area contributed by atoms with E-state index in [4.69, 9.17) is 0 Å². The molecule has 0 saturated carbocycles. The average molecular weight is 512 g/mol. The van der Waals surface area contributed by atoms with Crippen molar-refractivity contribution < 1.29 is 42.4 Å². The molecule has 0 nitrogen and oxygen atoms in total. The molecule has 2 heteroatoms. The summed E-state index contributed by atoms with van der Waals surface area (Å²) < 4.78 is 9.52. The molecule has 2 rings (SSSR count). The third-order valence-corrected chi connectivity index (χ3v) is 6.75. The zero-order valence-electron chi connectivity index (χ0n) is 12.4. The fourth-order valence-electron chi connectivity index (χ4n) is 1.65. The van der Waals surface area contributed by atoms with E-state index in [0.717, 1.165) is 12.8 Å². The normalized spacial score (nSPS) is 9.27. The van der Waals surface area contributed by atoms with E-state index in [9.17, 15) is 0 Å². The molecule has 0 radical (unpaired) electrons. The molecule has 2 aromatic carbocycles. The van der Waals surface area contributed by atoms with Gasteiger partial charge in [-0.15, -0.1) is 0 Å². The predicted octanol–water partition coefficient (Wildman–Crippen LogP) is -1.61. The van der Waals surface area contributed by atoms with Gasteiger partial charge in [0.05, 0.1) is 0 Å². The lowest BCUT2D eigenvalue weighted by molar-refractivity contribution is -0.535. The van der Waals surface area contributed by atoms with E-state index in [1.807, 2.05) is 0 Å². The van der Waals surface area contributed by atoms with Gasteiger partial charge in [-0.1, -0.05) is 36.4 Å². The highest BCUT2D eigenvalue weighted by molar-refractivity contribution is 5.01. The lowest BCUT2D eigenvalue weighted by Gasteiger charge is -1.86. The van der Waals surface area contributed by atoms with Crippen molar-refractivity contribution in [1.82, 2.24) is 0 Å². The molecule has 0 fully saturated rings. The molecule has 0 aliphatic carbocycles. The summed E-state index contributed by atoms with van der Waals surface area (Å²) in [5.74, 6) is 6.62. The minimum atomic E-state index is -0.116. The molecule has 0 aliphatic rings. The maximum atomic E-state index is 3.35. The molecule has 0 atom stereocenters. The van der Waals surface area contributed by atoms with Gasteiger partial charge in [-0.2, -0.15) is 0 Å². The van der Waals surface area contributed by atoms with E-state index < -0.39 is 0 Å². The molecule has 0 heterocycles. The number of rotatable bonds is 5. The maximum absolute atomic E-state index is 3.35. The first-order valence-electron chi connectivity index (χ1n) is 7.28. The van der Waals surface area contributed by atoms with E-state index >= 15 is 0 Å². The Morgan fingerprint density at radius 3 is 1.41 bits per heavy atom. The molecule has 0 spiro atoms. The molecular formula is C20H18I2+2. The molecule has 0 saturated heterocycles. The summed E-state index contributed by atoms with van der Waals surface area (Å²) in [4.78, 5) is 0. The van der Waals surface area contributed by atoms with Crippen LogP contribution >= 0.6 is 0 Å². The summed E-state index contributed by atoms with van der Waals surface area (Å²) in [6.07, 6.45) is 4.37. The van der Waals surface area contributed by atoms with Crippen molar-refractivity contribution >= 4 is 0 Å². The largest absolute Gasteiger partial charge is 0.419 e.